The van der Waals surface area contributed by atoms with Crippen LogP contribution in [0.25, 0.3) is 0 Å². The molecule has 2 aliphatic rings. The van der Waals surface area contributed by atoms with Gasteiger partial charge in [-0.3, -0.25) is 4.79 Å². The Bertz CT molecular complexity index is 590. The van der Waals surface area contributed by atoms with Crippen LogP contribution in [0.3, 0.4) is 0 Å². The molecule has 0 bridgehead atoms. The van der Waals surface area contributed by atoms with Crippen molar-refractivity contribution in [3.05, 3.63) is 34.3 Å². The first kappa shape index (κ1) is 14.6. The molecule has 2 aliphatic carbocycles. The van der Waals surface area contributed by atoms with Crippen LogP contribution < -0.4 is 5.32 Å². The van der Waals surface area contributed by atoms with E-state index in [1.54, 1.807) is 6.92 Å². The van der Waals surface area contributed by atoms with Crippen LogP contribution in [0.5, 0.6) is 0 Å². The van der Waals surface area contributed by atoms with Gasteiger partial charge in [-0.05, 0) is 56.2 Å². The van der Waals surface area contributed by atoms with Crippen molar-refractivity contribution >= 4 is 27.8 Å². The van der Waals surface area contributed by atoms with E-state index in [9.17, 15) is 14.7 Å². The van der Waals surface area contributed by atoms with E-state index in [0.29, 0.717) is 0 Å². The van der Waals surface area contributed by atoms with Crippen LogP contribution in [-0.2, 0) is 15.0 Å². The third-order valence-corrected chi connectivity index (χ3v) is 5.32. The SMILES string of the molecule is CC(NC(=O)C1(c2ccc(Br)cc2)CC1)(C(=O)O)C1CC1. The fourth-order valence-electron chi connectivity index (χ4n) is 2.89. The summed E-state index contributed by atoms with van der Waals surface area (Å²) in [5.74, 6) is -1.04. The number of hydrogen-bond acceptors (Lipinski definition) is 2. The average Bonchev–Trinajstić information content (AvgIpc) is 3.30. The number of hydrogen-bond donors (Lipinski definition) is 2. The minimum absolute atomic E-state index is 0.0552. The van der Waals surface area contributed by atoms with Crippen LogP contribution in [0.1, 0.15) is 38.2 Å². The van der Waals surface area contributed by atoms with Crippen molar-refractivity contribution in [3.8, 4) is 0 Å². The van der Waals surface area contributed by atoms with Gasteiger partial charge in [0.1, 0.15) is 5.54 Å². The maximum atomic E-state index is 12.7. The van der Waals surface area contributed by atoms with E-state index in [2.05, 4.69) is 21.2 Å². The van der Waals surface area contributed by atoms with Crippen LogP contribution in [0, 0.1) is 5.92 Å². The number of amides is 1. The van der Waals surface area contributed by atoms with Crippen LogP contribution in [-0.4, -0.2) is 22.5 Å². The monoisotopic (exact) mass is 351 g/mol. The van der Waals surface area contributed by atoms with Crippen molar-refractivity contribution in [3.63, 3.8) is 0 Å². The molecular weight excluding hydrogens is 334 g/mol. The van der Waals surface area contributed by atoms with Gasteiger partial charge in [-0.15, -0.1) is 0 Å². The van der Waals surface area contributed by atoms with Crippen molar-refractivity contribution in [2.45, 2.75) is 43.6 Å². The normalized spacial score (nSPS) is 22.2. The highest BCUT2D eigenvalue weighted by Gasteiger charge is 2.56. The number of nitrogens with one attached hydrogen (secondary N) is 1. The van der Waals surface area contributed by atoms with E-state index in [1.165, 1.54) is 0 Å². The van der Waals surface area contributed by atoms with E-state index in [4.69, 9.17) is 0 Å². The summed E-state index contributed by atoms with van der Waals surface area (Å²) in [6.07, 6.45) is 3.30. The first-order chi connectivity index (χ1) is 9.88. The lowest BCUT2D eigenvalue weighted by Crippen LogP contribution is -2.56. The topological polar surface area (TPSA) is 66.4 Å². The predicted molar refractivity (Wildman–Crippen MR) is 82.0 cm³/mol. The van der Waals surface area contributed by atoms with Gasteiger partial charge >= 0.3 is 5.97 Å². The maximum Gasteiger partial charge on any atom is 0.329 e. The lowest BCUT2D eigenvalue weighted by Gasteiger charge is -2.29. The number of halogens is 1. The van der Waals surface area contributed by atoms with Crippen LogP contribution >= 0.6 is 15.9 Å². The molecule has 0 radical (unpaired) electrons. The second-order valence-corrected chi connectivity index (χ2v) is 7.24. The second-order valence-electron chi connectivity index (χ2n) is 6.32. The maximum absolute atomic E-state index is 12.7. The minimum atomic E-state index is -1.14. The molecule has 0 spiro atoms. The molecule has 21 heavy (non-hydrogen) atoms. The summed E-state index contributed by atoms with van der Waals surface area (Å²) in [6, 6.07) is 7.71. The van der Waals surface area contributed by atoms with Gasteiger partial charge in [-0.1, -0.05) is 28.1 Å². The smallest absolute Gasteiger partial charge is 0.329 e. The highest BCUT2D eigenvalue weighted by atomic mass is 79.9. The number of carboxylic acids is 1. The fourth-order valence-corrected chi connectivity index (χ4v) is 3.15. The summed E-state index contributed by atoms with van der Waals surface area (Å²) < 4.78 is 0.968. The van der Waals surface area contributed by atoms with Crippen LogP contribution in [0.2, 0.25) is 0 Å². The predicted octanol–water partition coefficient (Wildman–Crippen LogP) is 2.85. The van der Waals surface area contributed by atoms with E-state index in [1.807, 2.05) is 24.3 Å². The van der Waals surface area contributed by atoms with Gasteiger partial charge in [-0.2, -0.15) is 0 Å². The molecular formula is C16H18BrNO3. The molecule has 2 saturated carbocycles. The Morgan fingerprint density at radius 3 is 2.29 bits per heavy atom. The van der Waals surface area contributed by atoms with E-state index in [-0.39, 0.29) is 11.8 Å². The first-order valence-corrected chi connectivity index (χ1v) is 8.00. The van der Waals surface area contributed by atoms with Gasteiger partial charge in [0.05, 0.1) is 5.41 Å². The number of rotatable bonds is 5. The first-order valence-electron chi connectivity index (χ1n) is 7.20. The molecule has 2 N–H and O–H groups in total. The zero-order chi connectivity index (χ0) is 15.3. The van der Waals surface area contributed by atoms with Gasteiger partial charge in [-0.25, -0.2) is 4.79 Å². The van der Waals surface area contributed by atoms with Crippen molar-refractivity contribution in [2.24, 2.45) is 5.92 Å². The second kappa shape index (κ2) is 4.83. The highest BCUT2D eigenvalue weighted by molar-refractivity contribution is 9.10. The number of carbonyl (C=O) groups excluding carboxylic acids is 1. The Morgan fingerprint density at radius 1 is 1.29 bits per heavy atom. The molecule has 2 fully saturated rings. The average molecular weight is 352 g/mol. The van der Waals surface area contributed by atoms with E-state index in [0.717, 1.165) is 35.7 Å². The molecule has 1 unspecified atom stereocenters. The van der Waals surface area contributed by atoms with Gasteiger partial charge in [0.2, 0.25) is 5.91 Å². The molecule has 0 aromatic heterocycles. The van der Waals surface area contributed by atoms with Gasteiger partial charge in [0.25, 0.3) is 0 Å². The molecule has 3 rings (SSSR count). The molecule has 0 saturated heterocycles. The lowest BCUT2D eigenvalue weighted by atomic mass is 9.90. The van der Waals surface area contributed by atoms with Gasteiger partial charge in [0.15, 0.2) is 0 Å². The highest BCUT2D eigenvalue weighted by Crippen LogP contribution is 2.50. The van der Waals surface area contributed by atoms with Crippen LogP contribution in [0.4, 0.5) is 0 Å². The summed E-state index contributed by atoms with van der Waals surface area (Å²) in [7, 11) is 0. The van der Waals surface area contributed by atoms with Crippen LogP contribution in [0.15, 0.2) is 28.7 Å². The van der Waals surface area contributed by atoms with E-state index >= 15 is 0 Å². The van der Waals surface area contributed by atoms with Crippen molar-refractivity contribution in [1.29, 1.82) is 0 Å². The summed E-state index contributed by atoms with van der Waals surface area (Å²) in [4.78, 5) is 24.2. The molecule has 0 heterocycles. The summed E-state index contributed by atoms with van der Waals surface area (Å²) in [6.45, 7) is 1.63. The van der Waals surface area contributed by atoms with Crippen molar-refractivity contribution in [1.82, 2.24) is 5.32 Å². The lowest BCUT2D eigenvalue weighted by molar-refractivity contribution is -0.148. The minimum Gasteiger partial charge on any atom is -0.480 e. The molecule has 1 amide bonds. The molecule has 0 aliphatic heterocycles. The Balaban J connectivity index is 1.81. The molecule has 4 nitrogen and oxygen atoms in total. The van der Waals surface area contributed by atoms with E-state index < -0.39 is 16.9 Å². The Hall–Kier alpha value is -1.36. The Labute approximate surface area is 132 Å². The van der Waals surface area contributed by atoms with Gasteiger partial charge in [0, 0.05) is 4.47 Å². The number of carbonyl (C=O) groups is 2. The molecule has 1 aromatic carbocycles. The number of benzene rings is 1. The van der Waals surface area contributed by atoms with Crippen molar-refractivity contribution < 1.29 is 14.7 Å². The largest absolute Gasteiger partial charge is 0.480 e. The zero-order valence-corrected chi connectivity index (χ0v) is 13.4. The molecule has 112 valence electrons. The number of carboxylic acid groups (broad SMARTS) is 1. The standard InChI is InChI=1S/C16H18BrNO3/c1-15(14(20)21,10-2-3-10)18-13(19)16(8-9-16)11-4-6-12(17)7-5-11/h4-7,10H,2-3,8-9H2,1H3,(H,18,19)(H,20,21). The molecule has 5 heteroatoms. The van der Waals surface area contributed by atoms with Gasteiger partial charge < -0.3 is 10.4 Å². The zero-order valence-electron chi connectivity index (χ0n) is 11.9. The third-order valence-electron chi connectivity index (χ3n) is 4.79. The number of aliphatic carboxylic acids is 1. The fraction of sp³-hybridized carbons (Fsp3) is 0.500. The Morgan fingerprint density at radius 2 is 1.86 bits per heavy atom. The molecule has 1 atom stereocenters. The molecule has 1 aromatic rings. The summed E-state index contributed by atoms with van der Waals surface area (Å²) in [5, 5.41) is 12.3. The third kappa shape index (κ3) is 2.48. The summed E-state index contributed by atoms with van der Waals surface area (Å²) >= 11 is 3.39. The van der Waals surface area contributed by atoms with Crippen molar-refractivity contribution in [2.75, 3.05) is 0 Å². The Kier molecular flexibility index (Phi) is 3.35. The quantitative estimate of drug-likeness (QED) is 0.856. The summed E-state index contributed by atoms with van der Waals surface area (Å²) in [5.41, 5.74) is -0.708.